The van der Waals surface area contributed by atoms with E-state index >= 15 is 0 Å². The number of terminal acetylenes is 1. The fraction of sp³-hybridized carbons (Fsp3) is 0.769. The van der Waals surface area contributed by atoms with Gasteiger partial charge in [0.1, 0.15) is 0 Å². The third-order valence-electron chi connectivity index (χ3n) is 3.41. The van der Waals surface area contributed by atoms with Crippen molar-refractivity contribution in [3.63, 3.8) is 0 Å². The molecule has 1 fully saturated rings. The average molecular weight is 238 g/mol. The first-order chi connectivity index (χ1) is 8.18. The molecule has 1 heterocycles. The zero-order chi connectivity index (χ0) is 12.7. The van der Waals surface area contributed by atoms with Crippen molar-refractivity contribution < 1.29 is 9.53 Å². The smallest absolute Gasteiger partial charge is 0.228 e. The molecule has 0 spiro atoms. The zero-order valence-electron chi connectivity index (χ0n) is 10.5. The van der Waals surface area contributed by atoms with Gasteiger partial charge in [-0.25, -0.2) is 0 Å². The van der Waals surface area contributed by atoms with E-state index in [1.165, 1.54) is 0 Å². The van der Waals surface area contributed by atoms with Gasteiger partial charge in [0.25, 0.3) is 0 Å². The van der Waals surface area contributed by atoms with Crippen molar-refractivity contribution in [2.75, 3.05) is 19.8 Å². The average Bonchev–Trinajstić information content (AvgIpc) is 2.38. The lowest BCUT2D eigenvalue weighted by Gasteiger charge is -2.35. The normalized spacial score (nSPS) is 20.3. The monoisotopic (exact) mass is 238 g/mol. The summed E-state index contributed by atoms with van der Waals surface area (Å²) in [6.45, 7) is 3.59. The molecule has 1 rings (SSSR count). The summed E-state index contributed by atoms with van der Waals surface area (Å²) < 4.78 is 5.28. The minimum absolute atomic E-state index is 0.0142. The number of hydrogen-bond donors (Lipinski definition) is 2. The number of carbonyl (C=O) groups excluding carboxylic acids is 1. The topological polar surface area (TPSA) is 64.4 Å². The maximum absolute atomic E-state index is 12.3. The second-order valence-electron chi connectivity index (χ2n) is 4.58. The summed E-state index contributed by atoms with van der Waals surface area (Å²) >= 11 is 0. The molecule has 4 nitrogen and oxygen atoms in total. The number of amides is 1. The van der Waals surface area contributed by atoms with E-state index in [1.54, 1.807) is 0 Å². The Hall–Kier alpha value is -1.05. The summed E-state index contributed by atoms with van der Waals surface area (Å²) in [6, 6.07) is -0.182. The van der Waals surface area contributed by atoms with Crippen molar-refractivity contribution in [3.8, 4) is 12.3 Å². The quantitative estimate of drug-likeness (QED) is 0.692. The van der Waals surface area contributed by atoms with E-state index in [1.807, 2.05) is 6.92 Å². The standard InChI is InChI=1S/C13H22N2O2/c1-3-5-11(4-2)15-12(16)13(10-14)6-8-17-9-7-13/h2,11H,3,5-10,14H2,1H3,(H,15,16). The van der Waals surface area contributed by atoms with Gasteiger partial charge in [-0.15, -0.1) is 6.42 Å². The molecule has 1 amide bonds. The third-order valence-corrected chi connectivity index (χ3v) is 3.41. The van der Waals surface area contributed by atoms with Crippen LogP contribution >= 0.6 is 0 Å². The highest BCUT2D eigenvalue weighted by Crippen LogP contribution is 2.29. The lowest BCUT2D eigenvalue weighted by molar-refractivity contribution is -0.136. The summed E-state index contributed by atoms with van der Waals surface area (Å²) in [7, 11) is 0. The first-order valence-electron chi connectivity index (χ1n) is 6.23. The van der Waals surface area contributed by atoms with Crippen LogP contribution in [-0.4, -0.2) is 31.7 Å². The van der Waals surface area contributed by atoms with Crippen LogP contribution in [0.4, 0.5) is 0 Å². The molecule has 0 aromatic heterocycles. The largest absolute Gasteiger partial charge is 0.381 e. The number of nitrogens with one attached hydrogen (secondary N) is 1. The van der Waals surface area contributed by atoms with E-state index in [0.29, 0.717) is 32.6 Å². The van der Waals surface area contributed by atoms with Gasteiger partial charge in [0, 0.05) is 19.8 Å². The molecule has 0 aromatic rings. The van der Waals surface area contributed by atoms with Crippen LogP contribution in [0, 0.1) is 17.8 Å². The van der Waals surface area contributed by atoms with E-state index in [0.717, 1.165) is 12.8 Å². The molecule has 4 heteroatoms. The maximum Gasteiger partial charge on any atom is 0.228 e. The van der Waals surface area contributed by atoms with Crippen molar-refractivity contribution in [3.05, 3.63) is 0 Å². The Kier molecular flexibility index (Phi) is 5.46. The van der Waals surface area contributed by atoms with Gasteiger partial charge in [0.2, 0.25) is 5.91 Å². The van der Waals surface area contributed by atoms with Gasteiger partial charge in [0.15, 0.2) is 0 Å². The molecule has 1 aliphatic rings. The fourth-order valence-electron chi connectivity index (χ4n) is 2.08. The fourth-order valence-corrected chi connectivity index (χ4v) is 2.08. The molecule has 1 aliphatic heterocycles. The second kappa shape index (κ2) is 6.63. The lowest BCUT2D eigenvalue weighted by Crippen LogP contribution is -2.51. The molecule has 1 saturated heterocycles. The highest BCUT2D eigenvalue weighted by molar-refractivity contribution is 5.83. The van der Waals surface area contributed by atoms with Crippen LogP contribution in [0.5, 0.6) is 0 Å². The van der Waals surface area contributed by atoms with E-state index in [2.05, 4.69) is 11.2 Å². The Bertz CT molecular complexity index is 290. The summed E-state index contributed by atoms with van der Waals surface area (Å²) in [5.74, 6) is 2.60. The summed E-state index contributed by atoms with van der Waals surface area (Å²) in [4.78, 5) is 12.3. The van der Waals surface area contributed by atoms with Crippen LogP contribution < -0.4 is 11.1 Å². The van der Waals surface area contributed by atoms with Gasteiger partial charge >= 0.3 is 0 Å². The van der Waals surface area contributed by atoms with E-state index < -0.39 is 5.41 Å². The highest BCUT2D eigenvalue weighted by atomic mass is 16.5. The van der Waals surface area contributed by atoms with Crippen LogP contribution in [0.2, 0.25) is 0 Å². The van der Waals surface area contributed by atoms with Gasteiger partial charge in [-0.3, -0.25) is 4.79 Å². The Morgan fingerprint density at radius 3 is 2.71 bits per heavy atom. The zero-order valence-corrected chi connectivity index (χ0v) is 10.5. The van der Waals surface area contributed by atoms with Crippen molar-refractivity contribution in [2.45, 2.75) is 38.6 Å². The summed E-state index contributed by atoms with van der Waals surface area (Å²) in [5, 5.41) is 2.92. The second-order valence-corrected chi connectivity index (χ2v) is 4.58. The minimum Gasteiger partial charge on any atom is -0.381 e. The summed E-state index contributed by atoms with van der Waals surface area (Å²) in [6.07, 6.45) is 8.52. The van der Waals surface area contributed by atoms with Crippen molar-refractivity contribution in [1.29, 1.82) is 0 Å². The molecule has 0 saturated carbocycles. The van der Waals surface area contributed by atoms with E-state index in [4.69, 9.17) is 16.9 Å². The van der Waals surface area contributed by atoms with Crippen LogP contribution in [-0.2, 0) is 9.53 Å². The first-order valence-corrected chi connectivity index (χ1v) is 6.23. The molecular weight excluding hydrogens is 216 g/mol. The van der Waals surface area contributed by atoms with Crippen molar-refractivity contribution in [2.24, 2.45) is 11.1 Å². The molecular formula is C13H22N2O2. The number of nitrogens with two attached hydrogens (primary N) is 1. The Labute approximate surface area is 103 Å². The SMILES string of the molecule is C#CC(CCC)NC(=O)C1(CN)CCOCC1. The highest BCUT2D eigenvalue weighted by Gasteiger charge is 2.39. The van der Waals surface area contributed by atoms with Gasteiger partial charge < -0.3 is 15.8 Å². The van der Waals surface area contributed by atoms with Crippen molar-refractivity contribution in [1.82, 2.24) is 5.32 Å². The predicted octanol–water partition coefficient (Wildman–Crippen LogP) is 0.660. The molecule has 0 aromatic carbocycles. The van der Waals surface area contributed by atoms with Crippen LogP contribution in [0.1, 0.15) is 32.6 Å². The van der Waals surface area contributed by atoms with Crippen LogP contribution in [0.25, 0.3) is 0 Å². The number of rotatable bonds is 5. The first kappa shape index (κ1) is 14.0. The number of hydrogen-bond acceptors (Lipinski definition) is 3. The molecule has 1 unspecified atom stereocenters. The maximum atomic E-state index is 12.3. The number of carbonyl (C=O) groups is 1. The molecule has 3 N–H and O–H groups in total. The molecule has 0 radical (unpaired) electrons. The Morgan fingerprint density at radius 1 is 1.59 bits per heavy atom. The molecule has 0 aliphatic carbocycles. The minimum atomic E-state index is -0.485. The van der Waals surface area contributed by atoms with Crippen LogP contribution in [0.3, 0.4) is 0 Å². The molecule has 96 valence electrons. The lowest BCUT2D eigenvalue weighted by atomic mass is 9.79. The van der Waals surface area contributed by atoms with Gasteiger partial charge in [-0.05, 0) is 19.3 Å². The van der Waals surface area contributed by atoms with Crippen molar-refractivity contribution >= 4 is 5.91 Å². The van der Waals surface area contributed by atoms with Gasteiger partial charge in [0.05, 0.1) is 11.5 Å². The summed E-state index contributed by atoms with van der Waals surface area (Å²) in [5.41, 5.74) is 5.28. The molecule has 1 atom stereocenters. The third kappa shape index (κ3) is 3.45. The molecule has 0 bridgehead atoms. The Balaban J connectivity index is 2.63. The predicted molar refractivity (Wildman–Crippen MR) is 67.2 cm³/mol. The number of ether oxygens (including phenoxy) is 1. The Morgan fingerprint density at radius 2 is 2.24 bits per heavy atom. The van der Waals surface area contributed by atoms with E-state index in [-0.39, 0.29) is 11.9 Å². The molecule has 17 heavy (non-hydrogen) atoms. The van der Waals surface area contributed by atoms with Gasteiger partial charge in [-0.2, -0.15) is 0 Å². The van der Waals surface area contributed by atoms with Crippen LogP contribution in [0.15, 0.2) is 0 Å². The van der Waals surface area contributed by atoms with E-state index in [9.17, 15) is 4.79 Å². The van der Waals surface area contributed by atoms with Gasteiger partial charge in [-0.1, -0.05) is 19.3 Å².